The lowest BCUT2D eigenvalue weighted by Gasteiger charge is -2.10. The van der Waals surface area contributed by atoms with Gasteiger partial charge in [0.05, 0.1) is 6.42 Å². The summed E-state index contributed by atoms with van der Waals surface area (Å²) in [6.45, 7) is 0. The molecule has 0 amide bonds. The third-order valence-electron chi connectivity index (χ3n) is 0.674. The molecule has 0 rings (SSSR count). The van der Waals surface area contributed by atoms with E-state index in [1.54, 1.807) is 0 Å². The van der Waals surface area contributed by atoms with Crippen molar-refractivity contribution in [3.63, 3.8) is 0 Å². The van der Waals surface area contributed by atoms with E-state index in [1.807, 2.05) is 0 Å². The maximum atomic E-state index is 9.71. The van der Waals surface area contributed by atoms with Gasteiger partial charge in [-0.2, -0.15) is 0 Å². The van der Waals surface area contributed by atoms with Crippen molar-refractivity contribution in [1.29, 1.82) is 0 Å². The van der Waals surface area contributed by atoms with Crippen molar-refractivity contribution in [3.05, 3.63) is 0 Å². The predicted molar refractivity (Wildman–Crippen MR) is 26.3 cm³/mol. The molecule has 0 heterocycles. The molecular weight excluding hydrogens is 128 g/mol. The van der Waals surface area contributed by atoms with Crippen molar-refractivity contribution in [2.45, 2.75) is 18.8 Å². The van der Waals surface area contributed by atoms with E-state index >= 15 is 0 Å². The maximum Gasteiger partial charge on any atom is 0.303 e. The third-order valence-corrected chi connectivity index (χ3v) is 0.674. The van der Waals surface area contributed by atoms with E-state index < -0.39 is 24.8 Å². The first-order valence-corrected chi connectivity index (χ1v) is 2.31. The van der Waals surface area contributed by atoms with E-state index in [2.05, 4.69) is 0 Å². The van der Waals surface area contributed by atoms with E-state index in [4.69, 9.17) is 20.4 Å². The monoisotopic (exact) mass is 136 g/mol. The Labute approximate surface area is 51.2 Å². The van der Waals surface area contributed by atoms with Gasteiger partial charge in [0.25, 0.3) is 5.97 Å². The highest BCUT2D eigenvalue weighted by atomic mass is 16.7. The Morgan fingerprint density at radius 1 is 1.33 bits per heavy atom. The van der Waals surface area contributed by atoms with Crippen LogP contribution in [0.2, 0.25) is 0 Å². The lowest BCUT2D eigenvalue weighted by atomic mass is 10.3. The van der Waals surface area contributed by atoms with Crippen LogP contribution in [0.3, 0.4) is 0 Å². The quantitative estimate of drug-likeness (QED) is 0.353. The molecule has 0 aromatic heterocycles. The highest BCUT2D eigenvalue weighted by Crippen LogP contribution is 2.02. The molecule has 0 atom stereocenters. The van der Waals surface area contributed by atoms with Crippen LogP contribution in [-0.2, 0) is 4.79 Å². The number of aliphatic carboxylic acids is 1. The maximum absolute atomic E-state index is 9.71. The van der Waals surface area contributed by atoms with Gasteiger partial charge in [0.15, 0.2) is 0 Å². The van der Waals surface area contributed by atoms with Gasteiger partial charge in [0, 0.05) is 6.42 Å². The molecule has 0 aliphatic carbocycles. The van der Waals surface area contributed by atoms with Crippen molar-refractivity contribution in [2.24, 2.45) is 0 Å². The van der Waals surface area contributed by atoms with Crippen LogP contribution in [0.5, 0.6) is 0 Å². The molecule has 0 saturated carbocycles. The molecule has 0 fully saturated rings. The zero-order valence-corrected chi connectivity index (χ0v) is 4.61. The molecule has 0 spiro atoms. The number of carboxylic acid groups (broad SMARTS) is 1. The van der Waals surface area contributed by atoms with Crippen LogP contribution >= 0.6 is 0 Å². The molecule has 0 unspecified atom stereocenters. The van der Waals surface area contributed by atoms with Crippen LogP contribution in [0, 0.1) is 0 Å². The van der Waals surface area contributed by atoms with E-state index in [-0.39, 0.29) is 0 Å². The van der Waals surface area contributed by atoms with Crippen LogP contribution in [-0.4, -0.2) is 32.4 Å². The molecule has 0 aliphatic heterocycles. The van der Waals surface area contributed by atoms with Gasteiger partial charge in [0.2, 0.25) is 0 Å². The summed E-state index contributed by atoms with van der Waals surface area (Å²) in [6.07, 6.45) is -1.05. The smallest absolute Gasteiger partial charge is 0.303 e. The molecular formula is C4H8O5. The van der Waals surface area contributed by atoms with E-state index in [1.165, 1.54) is 0 Å². The second-order valence-corrected chi connectivity index (χ2v) is 1.67. The minimum Gasteiger partial charge on any atom is -0.481 e. The molecule has 0 aromatic rings. The van der Waals surface area contributed by atoms with Gasteiger partial charge in [0.1, 0.15) is 0 Å². The number of aliphatic hydroxyl groups is 3. The molecule has 54 valence electrons. The Bertz CT molecular complexity index is 102. The largest absolute Gasteiger partial charge is 0.481 e. The number of hydrogen-bond donors (Lipinski definition) is 4. The van der Waals surface area contributed by atoms with Gasteiger partial charge in [-0.05, 0) is 0 Å². The highest BCUT2D eigenvalue weighted by molar-refractivity contribution is 5.66. The van der Waals surface area contributed by atoms with Gasteiger partial charge in [-0.15, -0.1) is 0 Å². The summed E-state index contributed by atoms with van der Waals surface area (Å²) >= 11 is 0. The summed E-state index contributed by atoms with van der Waals surface area (Å²) in [4.78, 5) is 9.71. The second-order valence-electron chi connectivity index (χ2n) is 1.67. The van der Waals surface area contributed by atoms with Gasteiger partial charge >= 0.3 is 5.97 Å². The Morgan fingerprint density at radius 3 is 1.89 bits per heavy atom. The molecule has 0 bridgehead atoms. The van der Waals surface area contributed by atoms with Crippen LogP contribution in [0.25, 0.3) is 0 Å². The first-order valence-electron chi connectivity index (χ1n) is 2.31. The zero-order valence-electron chi connectivity index (χ0n) is 4.61. The Hall–Kier alpha value is -0.650. The van der Waals surface area contributed by atoms with Crippen LogP contribution < -0.4 is 0 Å². The molecule has 4 N–H and O–H groups in total. The number of rotatable bonds is 3. The lowest BCUT2D eigenvalue weighted by molar-refractivity contribution is -0.314. The minimum absolute atomic E-state index is 0.469. The molecule has 0 radical (unpaired) electrons. The normalized spacial score (nSPS) is 11.4. The number of carbonyl (C=O) groups is 1. The van der Waals surface area contributed by atoms with Crippen molar-refractivity contribution in [3.8, 4) is 0 Å². The fraction of sp³-hybridized carbons (Fsp3) is 0.750. The first-order chi connectivity index (χ1) is 3.92. The average molecular weight is 136 g/mol. The molecule has 5 nitrogen and oxygen atoms in total. The number of carboxylic acids is 1. The summed E-state index contributed by atoms with van der Waals surface area (Å²) < 4.78 is 0. The summed E-state index contributed by atoms with van der Waals surface area (Å²) in [7, 11) is 0. The lowest BCUT2D eigenvalue weighted by Crippen LogP contribution is -2.27. The number of hydrogen-bond acceptors (Lipinski definition) is 4. The summed E-state index contributed by atoms with van der Waals surface area (Å²) in [5.41, 5.74) is 0. The summed E-state index contributed by atoms with van der Waals surface area (Å²) in [6, 6.07) is 0. The fourth-order valence-electron chi connectivity index (χ4n) is 0.275. The average Bonchev–Trinajstić information content (AvgIpc) is 1.59. The predicted octanol–water partition coefficient (Wildman–Crippen LogP) is -1.52. The SMILES string of the molecule is O=C(O)CCC(O)(O)O. The molecule has 9 heavy (non-hydrogen) atoms. The van der Waals surface area contributed by atoms with E-state index in [0.717, 1.165) is 0 Å². The standard InChI is InChI=1S/C4H8O5/c5-3(6)1-2-4(7,8)9/h7-9H,1-2H2,(H,5,6). The summed E-state index contributed by atoms with van der Waals surface area (Å²) in [5.74, 6) is -4.03. The van der Waals surface area contributed by atoms with Gasteiger partial charge in [-0.1, -0.05) is 0 Å². The van der Waals surface area contributed by atoms with Gasteiger partial charge in [-0.3, -0.25) is 4.79 Å². The topological polar surface area (TPSA) is 98.0 Å². The molecule has 0 aliphatic rings. The van der Waals surface area contributed by atoms with Gasteiger partial charge < -0.3 is 20.4 Å². The Morgan fingerprint density at radius 2 is 1.78 bits per heavy atom. The Kier molecular flexibility index (Phi) is 2.57. The van der Waals surface area contributed by atoms with E-state index in [0.29, 0.717) is 0 Å². The first kappa shape index (κ1) is 8.35. The molecule has 0 saturated heterocycles. The van der Waals surface area contributed by atoms with Crippen molar-refractivity contribution in [1.82, 2.24) is 0 Å². The molecule has 5 heteroatoms. The van der Waals surface area contributed by atoms with Crippen molar-refractivity contribution < 1.29 is 25.2 Å². The van der Waals surface area contributed by atoms with E-state index in [9.17, 15) is 4.79 Å². The third kappa shape index (κ3) is 7.35. The van der Waals surface area contributed by atoms with Crippen LogP contribution in [0.1, 0.15) is 12.8 Å². The zero-order chi connectivity index (χ0) is 7.49. The minimum atomic E-state index is -2.85. The second kappa shape index (κ2) is 2.77. The van der Waals surface area contributed by atoms with Crippen molar-refractivity contribution in [2.75, 3.05) is 0 Å². The Balaban J connectivity index is 3.39. The molecule has 0 aromatic carbocycles. The van der Waals surface area contributed by atoms with Crippen LogP contribution in [0.15, 0.2) is 0 Å². The highest BCUT2D eigenvalue weighted by Gasteiger charge is 2.18. The summed E-state index contributed by atoms with van der Waals surface area (Å²) in [5, 5.41) is 32.3. The fourth-order valence-corrected chi connectivity index (χ4v) is 0.275. The van der Waals surface area contributed by atoms with Crippen LogP contribution in [0.4, 0.5) is 0 Å². The van der Waals surface area contributed by atoms with Gasteiger partial charge in [-0.25, -0.2) is 0 Å². The van der Waals surface area contributed by atoms with Crippen molar-refractivity contribution >= 4 is 5.97 Å².